The van der Waals surface area contributed by atoms with Crippen LogP contribution >= 0.6 is 27.7 Å². The van der Waals surface area contributed by atoms with Gasteiger partial charge in [0.15, 0.2) is 5.17 Å². The Labute approximate surface area is 186 Å². The van der Waals surface area contributed by atoms with E-state index in [1.165, 1.54) is 23.9 Å². The highest BCUT2D eigenvalue weighted by atomic mass is 79.9. The van der Waals surface area contributed by atoms with Crippen LogP contribution in [0, 0.1) is 5.82 Å². The summed E-state index contributed by atoms with van der Waals surface area (Å²) in [6.07, 6.45) is 1.80. The number of para-hydroxylation sites is 1. The number of hydrogen-bond acceptors (Lipinski definition) is 4. The fourth-order valence-electron chi connectivity index (χ4n) is 2.76. The van der Waals surface area contributed by atoms with Crippen LogP contribution in [0.2, 0.25) is 0 Å². The predicted molar refractivity (Wildman–Crippen MR) is 122 cm³/mol. The highest BCUT2D eigenvalue weighted by Gasteiger charge is 2.23. The van der Waals surface area contributed by atoms with Gasteiger partial charge in [0.1, 0.15) is 18.2 Å². The van der Waals surface area contributed by atoms with Crippen molar-refractivity contribution in [1.29, 1.82) is 0 Å². The number of rotatable bonds is 5. The van der Waals surface area contributed by atoms with Crippen LogP contribution in [0.3, 0.4) is 0 Å². The summed E-state index contributed by atoms with van der Waals surface area (Å²) >= 11 is 4.79. The van der Waals surface area contributed by atoms with Gasteiger partial charge in [-0.25, -0.2) is 9.38 Å². The molecular formula is C23H16BrFN2O2S. The highest BCUT2D eigenvalue weighted by Crippen LogP contribution is 2.31. The van der Waals surface area contributed by atoms with Gasteiger partial charge in [-0.1, -0.05) is 36.4 Å². The van der Waals surface area contributed by atoms with Gasteiger partial charge < -0.3 is 10.1 Å². The Kier molecular flexibility index (Phi) is 6.30. The van der Waals surface area contributed by atoms with Gasteiger partial charge in [0.25, 0.3) is 5.91 Å². The minimum absolute atomic E-state index is 0.183. The van der Waals surface area contributed by atoms with Crippen molar-refractivity contribution in [1.82, 2.24) is 5.32 Å². The van der Waals surface area contributed by atoms with Gasteiger partial charge in [-0.05, 0) is 81.3 Å². The quantitative estimate of drug-likeness (QED) is 0.449. The fraction of sp³-hybridized carbons (Fsp3) is 0.0435. The average Bonchev–Trinajstić information content (AvgIpc) is 3.07. The molecule has 150 valence electrons. The Bertz CT molecular complexity index is 1150. The molecule has 1 aliphatic heterocycles. The number of ether oxygens (including phenoxy) is 1. The molecule has 4 rings (SSSR count). The number of hydrogen-bond donors (Lipinski definition) is 1. The SMILES string of the molecule is O=C1NC(=Nc2ccccc2)S/C1=C\c1ccc(OCc2cccc(F)c2)c(Br)c1. The molecule has 3 aromatic rings. The van der Waals surface area contributed by atoms with Gasteiger partial charge in [0.2, 0.25) is 0 Å². The third-order valence-corrected chi connectivity index (χ3v) is 5.70. The molecule has 0 atom stereocenters. The van der Waals surface area contributed by atoms with Crippen molar-refractivity contribution >= 4 is 50.5 Å². The molecule has 3 aromatic carbocycles. The Morgan fingerprint density at radius 1 is 1.07 bits per heavy atom. The lowest BCUT2D eigenvalue weighted by Crippen LogP contribution is -2.19. The molecular weight excluding hydrogens is 467 g/mol. The first-order chi connectivity index (χ1) is 14.6. The van der Waals surface area contributed by atoms with Crippen molar-refractivity contribution in [3.05, 3.63) is 99.1 Å². The molecule has 0 aromatic heterocycles. The summed E-state index contributed by atoms with van der Waals surface area (Å²) in [5.41, 5.74) is 2.38. The molecule has 1 saturated heterocycles. The molecule has 1 N–H and O–H groups in total. The number of amidine groups is 1. The van der Waals surface area contributed by atoms with Crippen LogP contribution in [0.1, 0.15) is 11.1 Å². The third kappa shape index (κ3) is 5.17. The number of nitrogens with zero attached hydrogens (tertiary/aromatic N) is 1. The summed E-state index contributed by atoms with van der Waals surface area (Å²) in [6, 6.07) is 21.3. The Hall–Kier alpha value is -2.90. The van der Waals surface area contributed by atoms with Crippen LogP contribution in [0.5, 0.6) is 5.75 Å². The lowest BCUT2D eigenvalue weighted by molar-refractivity contribution is -0.115. The van der Waals surface area contributed by atoms with E-state index in [1.54, 1.807) is 18.2 Å². The van der Waals surface area contributed by atoms with Gasteiger partial charge in [-0.15, -0.1) is 0 Å². The first-order valence-electron chi connectivity index (χ1n) is 9.08. The number of carbonyl (C=O) groups excluding carboxylic acids is 1. The molecule has 1 aliphatic rings. The zero-order chi connectivity index (χ0) is 20.9. The lowest BCUT2D eigenvalue weighted by atomic mass is 10.2. The molecule has 0 radical (unpaired) electrons. The molecule has 0 unspecified atom stereocenters. The van der Waals surface area contributed by atoms with Crippen LogP contribution in [-0.2, 0) is 11.4 Å². The first-order valence-corrected chi connectivity index (χ1v) is 10.7. The normalized spacial score (nSPS) is 16.1. The zero-order valence-corrected chi connectivity index (χ0v) is 18.0. The molecule has 1 fully saturated rings. The summed E-state index contributed by atoms with van der Waals surface area (Å²) in [5.74, 6) is 0.160. The molecule has 0 saturated carbocycles. The lowest BCUT2D eigenvalue weighted by Gasteiger charge is -2.09. The van der Waals surface area contributed by atoms with Gasteiger partial charge in [0.05, 0.1) is 15.1 Å². The molecule has 4 nitrogen and oxygen atoms in total. The largest absolute Gasteiger partial charge is 0.488 e. The Morgan fingerprint density at radius 2 is 1.90 bits per heavy atom. The van der Waals surface area contributed by atoms with Crippen LogP contribution in [0.25, 0.3) is 6.08 Å². The molecule has 1 heterocycles. The number of thioether (sulfide) groups is 1. The summed E-state index contributed by atoms with van der Waals surface area (Å²) in [7, 11) is 0. The van der Waals surface area contributed by atoms with E-state index in [4.69, 9.17) is 4.74 Å². The van der Waals surface area contributed by atoms with Crippen molar-refractivity contribution in [3.63, 3.8) is 0 Å². The maximum atomic E-state index is 13.3. The monoisotopic (exact) mass is 482 g/mol. The van der Waals surface area contributed by atoms with Crippen LogP contribution < -0.4 is 10.1 Å². The zero-order valence-electron chi connectivity index (χ0n) is 15.6. The molecule has 7 heteroatoms. The number of amides is 1. The standard InChI is InChI=1S/C23H16BrFN2O2S/c24-19-12-15(9-10-20(19)29-14-16-5-4-6-17(25)11-16)13-21-22(28)27-23(30-21)26-18-7-2-1-3-8-18/h1-13H,14H2,(H,26,27,28)/b21-13-. The molecule has 0 spiro atoms. The van der Waals surface area contributed by atoms with Crippen molar-refractivity contribution < 1.29 is 13.9 Å². The predicted octanol–water partition coefficient (Wildman–Crippen LogP) is 6.06. The van der Waals surface area contributed by atoms with Gasteiger partial charge in [-0.2, -0.15) is 0 Å². The summed E-state index contributed by atoms with van der Waals surface area (Å²) in [5, 5.41) is 3.33. The van der Waals surface area contributed by atoms with Gasteiger partial charge in [0, 0.05) is 0 Å². The fourth-order valence-corrected chi connectivity index (χ4v) is 4.12. The maximum absolute atomic E-state index is 13.3. The maximum Gasteiger partial charge on any atom is 0.264 e. The van der Waals surface area contributed by atoms with Crippen LogP contribution in [0.15, 0.2) is 87.2 Å². The molecule has 0 aliphatic carbocycles. The van der Waals surface area contributed by atoms with Crippen LogP contribution in [0.4, 0.5) is 10.1 Å². The average molecular weight is 483 g/mol. The number of aliphatic imine (C=N–C) groups is 1. The molecule has 1 amide bonds. The van der Waals surface area contributed by atoms with E-state index < -0.39 is 0 Å². The third-order valence-electron chi connectivity index (χ3n) is 4.17. The van der Waals surface area contributed by atoms with Gasteiger partial charge >= 0.3 is 0 Å². The minimum atomic E-state index is -0.292. The summed E-state index contributed by atoms with van der Waals surface area (Å²) in [4.78, 5) is 17.3. The molecule has 0 bridgehead atoms. The van der Waals surface area contributed by atoms with E-state index in [0.29, 0.717) is 15.8 Å². The van der Waals surface area contributed by atoms with E-state index in [-0.39, 0.29) is 18.3 Å². The number of carbonyl (C=O) groups is 1. The van der Waals surface area contributed by atoms with Crippen molar-refractivity contribution in [3.8, 4) is 5.75 Å². The summed E-state index contributed by atoms with van der Waals surface area (Å²) < 4.78 is 19.8. The second-order valence-corrected chi connectivity index (χ2v) is 8.31. The second-order valence-electron chi connectivity index (χ2n) is 6.43. The van der Waals surface area contributed by atoms with Crippen molar-refractivity contribution in [2.24, 2.45) is 4.99 Å². The number of benzene rings is 3. The Morgan fingerprint density at radius 3 is 2.67 bits per heavy atom. The van der Waals surface area contributed by atoms with Crippen molar-refractivity contribution in [2.45, 2.75) is 6.61 Å². The van der Waals surface area contributed by atoms with E-state index in [0.717, 1.165) is 21.3 Å². The summed E-state index contributed by atoms with van der Waals surface area (Å²) in [6.45, 7) is 0.258. The van der Waals surface area contributed by atoms with E-state index in [9.17, 15) is 9.18 Å². The highest BCUT2D eigenvalue weighted by molar-refractivity contribution is 9.10. The smallest absolute Gasteiger partial charge is 0.264 e. The first kappa shape index (κ1) is 20.4. The van der Waals surface area contributed by atoms with E-state index >= 15 is 0 Å². The van der Waals surface area contributed by atoms with Crippen LogP contribution in [-0.4, -0.2) is 11.1 Å². The number of nitrogens with one attached hydrogen (secondary N) is 1. The molecule has 30 heavy (non-hydrogen) atoms. The van der Waals surface area contributed by atoms with Crippen molar-refractivity contribution in [2.75, 3.05) is 0 Å². The second kappa shape index (κ2) is 9.28. The van der Waals surface area contributed by atoms with E-state index in [1.807, 2.05) is 48.5 Å². The topological polar surface area (TPSA) is 50.7 Å². The Balaban J connectivity index is 1.45. The number of halogens is 2. The van der Waals surface area contributed by atoms with E-state index in [2.05, 4.69) is 26.2 Å². The van der Waals surface area contributed by atoms with Gasteiger partial charge in [-0.3, -0.25) is 4.79 Å². The minimum Gasteiger partial charge on any atom is -0.488 e.